The molecule has 1 heterocycles. The van der Waals surface area contributed by atoms with E-state index in [1.807, 2.05) is 79.7 Å². The molecule has 0 saturated heterocycles. The number of carbonyl (C=O) groups is 1. The zero-order chi connectivity index (χ0) is 19.3. The van der Waals surface area contributed by atoms with Crippen LogP contribution in [0.1, 0.15) is 22.7 Å². The Morgan fingerprint density at radius 2 is 1.82 bits per heavy atom. The van der Waals surface area contributed by atoms with E-state index < -0.39 is 0 Å². The summed E-state index contributed by atoms with van der Waals surface area (Å²) in [5.74, 6) is 0.537. The van der Waals surface area contributed by atoms with Crippen LogP contribution in [-0.2, 0) is 4.79 Å². The van der Waals surface area contributed by atoms with Crippen molar-refractivity contribution in [2.75, 3.05) is 6.61 Å². The summed E-state index contributed by atoms with van der Waals surface area (Å²) in [4.78, 5) is 20.0. The molecule has 3 aromatic carbocycles. The minimum absolute atomic E-state index is 0.0412. The minimum Gasteiger partial charge on any atom is -0.484 e. The van der Waals surface area contributed by atoms with Crippen molar-refractivity contribution in [3.8, 4) is 5.75 Å². The van der Waals surface area contributed by atoms with E-state index in [9.17, 15) is 4.79 Å². The molecule has 0 bridgehead atoms. The van der Waals surface area contributed by atoms with E-state index >= 15 is 0 Å². The first kappa shape index (κ1) is 17.8. The third-order valence-corrected chi connectivity index (χ3v) is 4.67. The summed E-state index contributed by atoms with van der Waals surface area (Å²) in [6.45, 7) is 1.92. The van der Waals surface area contributed by atoms with Gasteiger partial charge in [0.15, 0.2) is 6.61 Å². The van der Waals surface area contributed by atoms with Crippen molar-refractivity contribution in [1.29, 1.82) is 0 Å². The number of hydrogen-bond acceptors (Lipinski definition) is 3. The number of carbonyl (C=O) groups excluding carboxylic acids is 1. The summed E-state index contributed by atoms with van der Waals surface area (Å²) >= 11 is 0. The van der Waals surface area contributed by atoms with Crippen LogP contribution in [0.3, 0.4) is 0 Å². The topological polar surface area (TPSA) is 67.0 Å². The van der Waals surface area contributed by atoms with Gasteiger partial charge in [0.1, 0.15) is 5.75 Å². The van der Waals surface area contributed by atoms with Crippen molar-refractivity contribution in [2.45, 2.75) is 13.0 Å². The number of rotatable bonds is 6. The zero-order valence-corrected chi connectivity index (χ0v) is 15.6. The Hall–Kier alpha value is -3.60. The van der Waals surface area contributed by atoms with Gasteiger partial charge >= 0.3 is 0 Å². The summed E-state index contributed by atoms with van der Waals surface area (Å²) in [5.41, 5.74) is 4.81. The monoisotopic (exact) mass is 371 g/mol. The maximum atomic E-state index is 12.6. The number of nitrogens with one attached hydrogen (secondary N) is 2. The lowest BCUT2D eigenvalue weighted by Crippen LogP contribution is -2.33. The molecule has 1 atom stereocenters. The highest BCUT2D eigenvalue weighted by molar-refractivity contribution is 5.79. The summed E-state index contributed by atoms with van der Waals surface area (Å²) < 4.78 is 5.70. The maximum absolute atomic E-state index is 12.6. The highest BCUT2D eigenvalue weighted by Crippen LogP contribution is 2.24. The van der Waals surface area contributed by atoms with Crippen LogP contribution in [0.4, 0.5) is 0 Å². The second kappa shape index (κ2) is 7.96. The van der Waals surface area contributed by atoms with Gasteiger partial charge in [0.25, 0.3) is 5.91 Å². The van der Waals surface area contributed by atoms with Gasteiger partial charge < -0.3 is 15.0 Å². The normalized spacial score (nSPS) is 11.9. The number of fused-ring (bicyclic) bond motifs is 1. The van der Waals surface area contributed by atoms with Crippen molar-refractivity contribution in [3.63, 3.8) is 0 Å². The quantitative estimate of drug-likeness (QED) is 0.535. The molecule has 0 aliphatic rings. The molecule has 0 spiro atoms. The summed E-state index contributed by atoms with van der Waals surface area (Å²) in [5, 5.41) is 3.10. The fourth-order valence-corrected chi connectivity index (χ4v) is 3.20. The first-order valence-corrected chi connectivity index (χ1v) is 9.16. The standard InChI is InChI=1S/C23H21N3O2/c1-16-7-5-6-10-21(16)28-14-22(27)26-23(17-8-3-2-4-9-17)18-11-12-19-20(13-18)25-15-24-19/h2-13,15,23H,14H2,1H3,(H,24,25)(H,26,27)/t23-/m1/s1. The van der Waals surface area contributed by atoms with Gasteiger partial charge in [0, 0.05) is 0 Å². The Labute approximate surface area is 163 Å². The Morgan fingerprint density at radius 1 is 1.04 bits per heavy atom. The Balaban J connectivity index is 1.55. The van der Waals surface area contributed by atoms with E-state index in [4.69, 9.17) is 4.74 Å². The van der Waals surface area contributed by atoms with E-state index in [0.717, 1.165) is 27.7 Å². The number of imidazole rings is 1. The van der Waals surface area contributed by atoms with Gasteiger partial charge in [-0.15, -0.1) is 0 Å². The van der Waals surface area contributed by atoms with Crippen LogP contribution >= 0.6 is 0 Å². The molecule has 0 unspecified atom stereocenters. The van der Waals surface area contributed by atoms with Gasteiger partial charge in [0.05, 0.1) is 23.4 Å². The van der Waals surface area contributed by atoms with Gasteiger partial charge in [-0.1, -0.05) is 54.6 Å². The molecular formula is C23H21N3O2. The average molecular weight is 371 g/mol. The molecule has 5 nitrogen and oxygen atoms in total. The Kier molecular flexibility index (Phi) is 5.06. The van der Waals surface area contributed by atoms with Gasteiger partial charge in [-0.25, -0.2) is 4.98 Å². The average Bonchev–Trinajstić information content (AvgIpc) is 3.20. The minimum atomic E-state index is -0.276. The first-order valence-electron chi connectivity index (χ1n) is 9.16. The largest absolute Gasteiger partial charge is 0.484 e. The predicted octanol–water partition coefficient (Wildman–Crippen LogP) is 4.16. The number of H-pyrrole nitrogens is 1. The van der Waals surface area contributed by atoms with Gasteiger partial charge in [-0.3, -0.25) is 4.79 Å². The fraction of sp³-hybridized carbons (Fsp3) is 0.130. The van der Waals surface area contributed by atoms with Crippen LogP contribution in [0.15, 0.2) is 79.1 Å². The molecule has 28 heavy (non-hydrogen) atoms. The number of nitrogens with zero attached hydrogens (tertiary/aromatic N) is 1. The van der Waals surface area contributed by atoms with Gasteiger partial charge in [-0.05, 0) is 41.8 Å². The Morgan fingerprint density at radius 3 is 2.64 bits per heavy atom. The van der Waals surface area contributed by atoms with E-state index in [1.54, 1.807) is 6.33 Å². The molecule has 1 amide bonds. The second-order valence-electron chi connectivity index (χ2n) is 6.64. The highest BCUT2D eigenvalue weighted by atomic mass is 16.5. The molecule has 140 valence electrons. The molecule has 4 rings (SSSR count). The molecule has 0 saturated carbocycles. The smallest absolute Gasteiger partial charge is 0.258 e. The van der Waals surface area contributed by atoms with Crippen molar-refractivity contribution >= 4 is 16.9 Å². The lowest BCUT2D eigenvalue weighted by atomic mass is 9.98. The maximum Gasteiger partial charge on any atom is 0.258 e. The number of amides is 1. The van der Waals surface area contributed by atoms with Crippen LogP contribution in [0.25, 0.3) is 11.0 Å². The third-order valence-electron chi connectivity index (χ3n) is 4.67. The number of para-hydroxylation sites is 1. The van der Waals surface area contributed by atoms with Crippen LogP contribution in [0.2, 0.25) is 0 Å². The second-order valence-corrected chi connectivity index (χ2v) is 6.64. The SMILES string of the molecule is Cc1ccccc1OCC(=O)N[C@H](c1ccccc1)c1ccc2nc[nH]c2c1. The van der Waals surface area contributed by atoms with Crippen molar-refractivity contribution in [2.24, 2.45) is 0 Å². The van der Waals surface area contributed by atoms with Gasteiger partial charge in [0.2, 0.25) is 0 Å². The van der Waals surface area contributed by atoms with Crippen molar-refractivity contribution in [3.05, 3.63) is 95.8 Å². The molecule has 0 fully saturated rings. The molecular weight excluding hydrogens is 350 g/mol. The number of ether oxygens (including phenoxy) is 1. The molecule has 5 heteroatoms. The van der Waals surface area contributed by atoms with Gasteiger partial charge in [-0.2, -0.15) is 0 Å². The third kappa shape index (κ3) is 3.88. The van der Waals surface area contributed by atoms with Crippen LogP contribution in [-0.4, -0.2) is 22.5 Å². The lowest BCUT2D eigenvalue weighted by Gasteiger charge is -2.20. The molecule has 0 radical (unpaired) electrons. The van der Waals surface area contributed by atoms with Crippen LogP contribution < -0.4 is 10.1 Å². The number of hydrogen-bond donors (Lipinski definition) is 2. The van der Waals surface area contributed by atoms with E-state index in [0.29, 0.717) is 5.75 Å². The van der Waals surface area contributed by atoms with E-state index in [-0.39, 0.29) is 18.6 Å². The molecule has 2 N–H and O–H groups in total. The number of aryl methyl sites for hydroxylation is 1. The number of benzene rings is 3. The first-order chi connectivity index (χ1) is 13.7. The number of aromatic amines is 1. The zero-order valence-electron chi connectivity index (χ0n) is 15.6. The molecule has 0 aliphatic carbocycles. The summed E-state index contributed by atoms with van der Waals surface area (Å²) in [7, 11) is 0. The fourth-order valence-electron chi connectivity index (χ4n) is 3.20. The highest BCUT2D eigenvalue weighted by Gasteiger charge is 2.18. The lowest BCUT2D eigenvalue weighted by molar-refractivity contribution is -0.123. The molecule has 4 aromatic rings. The Bertz CT molecular complexity index is 1090. The summed E-state index contributed by atoms with van der Waals surface area (Å²) in [6, 6.07) is 23.2. The van der Waals surface area contributed by atoms with E-state index in [2.05, 4.69) is 15.3 Å². The summed E-state index contributed by atoms with van der Waals surface area (Å²) in [6.07, 6.45) is 1.67. The van der Waals surface area contributed by atoms with Crippen LogP contribution in [0.5, 0.6) is 5.75 Å². The van der Waals surface area contributed by atoms with Crippen molar-refractivity contribution < 1.29 is 9.53 Å². The van der Waals surface area contributed by atoms with Crippen molar-refractivity contribution in [1.82, 2.24) is 15.3 Å². The number of aromatic nitrogens is 2. The molecule has 1 aromatic heterocycles. The van der Waals surface area contributed by atoms with E-state index in [1.165, 1.54) is 0 Å². The predicted molar refractivity (Wildman–Crippen MR) is 109 cm³/mol. The molecule has 0 aliphatic heterocycles. The van der Waals surface area contributed by atoms with Crippen LogP contribution in [0, 0.1) is 6.92 Å².